The zero-order chi connectivity index (χ0) is 10.9. The lowest BCUT2D eigenvalue weighted by Gasteiger charge is -2.35. The molecule has 0 saturated heterocycles. The van der Waals surface area contributed by atoms with Crippen LogP contribution in [0.3, 0.4) is 0 Å². The summed E-state index contributed by atoms with van der Waals surface area (Å²) in [5.74, 6) is -0.351. The fourth-order valence-corrected chi connectivity index (χ4v) is 2.11. The normalized spacial score (nSPS) is 31.5. The van der Waals surface area contributed by atoms with Gasteiger partial charge in [-0.3, -0.25) is 4.98 Å². The second-order valence-electron chi connectivity index (χ2n) is 4.22. The first kappa shape index (κ1) is 10.5. The van der Waals surface area contributed by atoms with Crippen LogP contribution >= 0.6 is 0 Å². The summed E-state index contributed by atoms with van der Waals surface area (Å²) in [6, 6.07) is 2.93. The third-order valence-electron chi connectivity index (χ3n) is 3.08. The SMILES string of the molecule is NC1(c2ncccc2F)CCC(O)CC1. The van der Waals surface area contributed by atoms with E-state index in [0.717, 1.165) is 0 Å². The average molecular weight is 210 g/mol. The zero-order valence-corrected chi connectivity index (χ0v) is 8.49. The van der Waals surface area contributed by atoms with E-state index in [-0.39, 0.29) is 11.9 Å². The molecule has 0 unspecified atom stereocenters. The molecule has 82 valence electrons. The second-order valence-corrected chi connectivity index (χ2v) is 4.22. The van der Waals surface area contributed by atoms with E-state index in [1.165, 1.54) is 6.07 Å². The van der Waals surface area contributed by atoms with E-state index in [0.29, 0.717) is 31.4 Å². The molecule has 0 atom stereocenters. The first-order valence-electron chi connectivity index (χ1n) is 5.20. The van der Waals surface area contributed by atoms with Crippen molar-refractivity contribution in [1.82, 2.24) is 4.98 Å². The molecule has 4 heteroatoms. The van der Waals surface area contributed by atoms with Crippen molar-refractivity contribution in [3.8, 4) is 0 Å². The summed E-state index contributed by atoms with van der Waals surface area (Å²) >= 11 is 0. The Morgan fingerprint density at radius 3 is 2.73 bits per heavy atom. The first-order chi connectivity index (χ1) is 7.12. The minimum Gasteiger partial charge on any atom is -0.393 e. The number of pyridine rings is 1. The highest BCUT2D eigenvalue weighted by Crippen LogP contribution is 2.34. The van der Waals surface area contributed by atoms with Crippen LogP contribution in [-0.2, 0) is 5.54 Å². The lowest BCUT2D eigenvalue weighted by atomic mass is 9.78. The summed E-state index contributed by atoms with van der Waals surface area (Å²) in [6.45, 7) is 0. The van der Waals surface area contributed by atoms with Gasteiger partial charge in [0.05, 0.1) is 17.3 Å². The van der Waals surface area contributed by atoms with Crippen molar-refractivity contribution < 1.29 is 9.50 Å². The Morgan fingerprint density at radius 2 is 2.13 bits per heavy atom. The third kappa shape index (κ3) is 2.01. The molecule has 3 N–H and O–H groups in total. The third-order valence-corrected chi connectivity index (χ3v) is 3.08. The van der Waals surface area contributed by atoms with Crippen molar-refractivity contribution in [2.24, 2.45) is 5.73 Å². The van der Waals surface area contributed by atoms with Crippen molar-refractivity contribution in [3.63, 3.8) is 0 Å². The molecule has 1 aliphatic carbocycles. The molecule has 1 heterocycles. The van der Waals surface area contributed by atoms with Crippen molar-refractivity contribution >= 4 is 0 Å². The minimum absolute atomic E-state index is 0.298. The number of hydrogen-bond donors (Lipinski definition) is 2. The average Bonchev–Trinajstić information content (AvgIpc) is 2.23. The lowest BCUT2D eigenvalue weighted by molar-refractivity contribution is 0.0943. The number of rotatable bonds is 1. The molecule has 0 spiro atoms. The first-order valence-corrected chi connectivity index (χ1v) is 5.20. The van der Waals surface area contributed by atoms with Gasteiger partial charge in [0.2, 0.25) is 0 Å². The maximum Gasteiger partial charge on any atom is 0.146 e. The van der Waals surface area contributed by atoms with Crippen molar-refractivity contribution in [1.29, 1.82) is 0 Å². The molecular weight excluding hydrogens is 195 g/mol. The molecule has 0 bridgehead atoms. The van der Waals surface area contributed by atoms with E-state index in [1.807, 2.05) is 0 Å². The second kappa shape index (κ2) is 3.87. The van der Waals surface area contributed by atoms with Gasteiger partial charge in [-0.2, -0.15) is 0 Å². The molecule has 1 aliphatic rings. The minimum atomic E-state index is -0.704. The summed E-state index contributed by atoms with van der Waals surface area (Å²) in [6.07, 6.45) is 3.66. The highest BCUT2D eigenvalue weighted by molar-refractivity contribution is 5.18. The molecule has 0 aliphatic heterocycles. The maximum absolute atomic E-state index is 13.5. The molecule has 0 amide bonds. The molecule has 15 heavy (non-hydrogen) atoms. The summed E-state index contributed by atoms with van der Waals surface area (Å²) < 4.78 is 13.5. The highest BCUT2D eigenvalue weighted by Gasteiger charge is 2.35. The Hall–Kier alpha value is -1.00. The molecule has 1 aromatic rings. The van der Waals surface area contributed by atoms with Gasteiger partial charge in [0.15, 0.2) is 0 Å². The molecule has 0 radical (unpaired) electrons. The molecule has 1 saturated carbocycles. The van der Waals surface area contributed by atoms with Gasteiger partial charge < -0.3 is 10.8 Å². The van der Waals surface area contributed by atoms with Gasteiger partial charge in [-0.15, -0.1) is 0 Å². The van der Waals surface area contributed by atoms with E-state index in [9.17, 15) is 9.50 Å². The number of nitrogens with two attached hydrogens (primary N) is 1. The topological polar surface area (TPSA) is 59.1 Å². The number of halogens is 1. The van der Waals surface area contributed by atoms with Gasteiger partial charge in [-0.25, -0.2) is 4.39 Å². The monoisotopic (exact) mass is 210 g/mol. The standard InChI is InChI=1S/C11H15FN2O/c12-9-2-1-7-14-10(9)11(13)5-3-8(15)4-6-11/h1-2,7-8,15H,3-6,13H2. The number of hydrogen-bond acceptors (Lipinski definition) is 3. The van der Waals surface area contributed by atoms with Gasteiger partial charge in [-0.1, -0.05) is 0 Å². The van der Waals surface area contributed by atoms with Crippen LogP contribution in [0.2, 0.25) is 0 Å². The molecule has 3 nitrogen and oxygen atoms in total. The van der Waals surface area contributed by atoms with Gasteiger partial charge in [0, 0.05) is 6.20 Å². The summed E-state index contributed by atoms with van der Waals surface area (Å²) in [5.41, 5.74) is 5.76. The highest BCUT2D eigenvalue weighted by atomic mass is 19.1. The summed E-state index contributed by atoms with van der Waals surface area (Å²) in [5, 5.41) is 9.39. The van der Waals surface area contributed by atoms with Crippen LogP contribution in [0.5, 0.6) is 0 Å². The van der Waals surface area contributed by atoms with Gasteiger partial charge >= 0.3 is 0 Å². The van der Waals surface area contributed by atoms with Crippen LogP contribution in [-0.4, -0.2) is 16.2 Å². The molecule has 0 aromatic carbocycles. The largest absolute Gasteiger partial charge is 0.393 e. The van der Waals surface area contributed by atoms with Crippen LogP contribution in [0.1, 0.15) is 31.4 Å². The van der Waals surface area contributed by atoms with Crippen molar-refractivity contribution in [2.45, 2.75) is 37.3 Å². The van der Waals surface area contributed by atoms with E-state index < -0.39 is 5.54 Å². The fraction of sp³-hybridized carbons (Fsp3) is 0.545. The van der Waals surface area contributed by atoms with E-state index in [1.54, 1.807) is 12.3 Å². The van der Waals surface area contributed by atoms with Crippen molar-refractivity contribution in [3.05, 3.63) is 29.8 Å². The van der Waals surface area contributed by atoms with Crippen LogP contribution in [0.25, 0.3) is 0 Å². The van der Waals surface area contributed by atoms with Crippen molar-refractivity contribution in [2.75, 3.05) is 0 Å². The number of aromatic nitrogens is 1. The van der Waals surface area contributed by atoms with Gasteiger partial charge in [-0.05, 0) is 37.8 Å². The Morgan fingerprint density at radius 1 is 1.47 bits per heavy atom. The molecule has 2 rings (SSSR count). The van der Waals surface area contributed by atoms with Crippen LogP contribution in [0, 0.1) is 5.82 Å². The van der Waals surface area contributed by atoms with E-state index in [2.05, 4.69) is 4.98 Å². The van der Waals surface area contributed by atoms with E-state index in [4.69, 9.17) is 5.73 Å². The summed E-state index contributed by atoms with van der Waals surface area (Å²) in [7, 11) is 0. The fourth-order valence-electron chi connectivity index (χ4n) is 2.11. The molecule has 1 fully saturated rings. The number of nitrogens with zero attached hydrogens (tertiary/aromatic N) is 1. The Bertz CT molecular complexity index is 348. The number of aliphatic hydroxyl groups is 1. The number of aliphatic hydroxyl groups excluding tert-OH is 1. The summed E-state index contributed by atoms with van der Waals surface area (Å²) in [4.78, 5) is 4.02. The van der Waals surface area contributed by atoms with Crippen LogP contribution in [0.15, 0.2) is 18.3 Å². The molecule has 1 aromatic heterocycles. The predicted octanol–water partition coefficient (Wildman–Crippen LogP) is 1.31. The van der Waals surface area contributed by atoms with Crippen LogP contribution < -0.4 is 5.73 Å². The van der Waals surface area contributed by atoms with Crippen LogP contribution in [0.4, 0.5) is 4.39 Å². The van der Waals surface area contributed by atoms with Gasteiger partial charge in [0.1, 0.15) is 5.82 Å². The van der Waals surface area contributed by atoms with Gasteiger partial charge in [0.25, 0.3) is 0 Å². The zero-order valence-electron chi connectivity index (χ0n) is 8.49. The molecular formula is C11H15FN2O. The smallest absolute Gasteiger partial charge is 0.146 e. The Balaban J connectivity index is 2.26. The van der Waals surface area contributed by atoms with E-state index >= 15 is 0 Å². The Labute approximate surface area is 88.1 Å². The quantitative estimate of drug-likeness (QED) is 0.734. The predicted molar refractivity (Wildman–Crippen MR) is 54.5 cm³/mol. The Kier molecular flexibility index (Phi) is 2.71. The lowest BCUT2D eigenvalue weighted by Crippen LogP contribution is -2.43. The maximum atomic E-state index is 13.5.